The molecule has 1 unspecified atom stereocenters. The number of halogens is 2. The number of hydrogen-bond acceptors (Lipinski definition) is 3. The van der Waals surface area contributed by atoms with Crippen LogP contribution in [0.2, 0.25) is 5.02 Å². The third-order valence-electron chi connectivity index (χ3n) is 3.16. The Morgan fingerprint density at radius 1 is 1.40 bits per heavy atom. The van der Waals surface area contributed by atoms with E-state index in [9.17, 15) is 0 Å². The molecule has 1 heterocycles. The van der Waals surface area contributed by atoms with Crippen LogP contribution in [0.1, 0.15) is 30.0 Å². The fraction of sp³-hybridized carbons (Fsp3) is 0.333. The molecule has 108 valence electrons. The monoisotopic (exact) mass is 357 g/mol. The summed E-state index contributed by atoms with van der Waals surface area (Å²) in [6.07, 6.45) is 0.868. The predicted octanol–water partition coefficient (Wildman–Crippen LogP) is 4.58. The largest absolute Gasteiger partial charge is 0.495 e. The number of nitrogens with one attached hydrogen (secondary N) is 1. The second-order valence-electron chi connectivity index (χ2n) is 4.39. The van der Waals surface area contributed by atoms with E-state index in [1.54, 1.807) is 7.11 Å². The maximum absolute atomic E-state index is 6.16. The maximum Gasteiger partial charge on any atom is 0.138 e. The number of ether oxygens (including phenoxy) is 1. The zero-order valence-electron chi connectivity index (χ0n) is 11.7. The van der Waals surface area contributed by atoms with E-state index < -0.39 is 0 Å². The summed E-state index contributed by atoms with van der Waals surface area (Å²) in [7, 11) is 3.52. The van der Waals surface area contributed by atoms with Crippen LogP contribution in [0, 0.1) is 0 Å². The standard InChI is InChI=1S/C15H17BrClNO2/c1-4-10-5-6-13(20-10)14(18-2)11-7-9(17)8-12(16)15(11)19-3/h5-8,14,18H,4H2,1-3H3. The lowest BCUT2D eigenvalue weighted by Crippen LogP contribution is -2.18. The first-order chi connectivity index (χ1) is 9.60. The van der Waals surface area contributed by atoms with E-state index in [0.717, 1.165) is 33.7 Å². The zero-order chi connectivity index (χ0) is 14.7. The van der Waals surface area contributed by atoms with E-state index in [-0.39, 0.29) is 6.04 Å². The van der Waals surface area contributed by atoms with Crippen molar-refractivity contribution in [2.24, 2.45) is 0 Å². The van der Waals surface area contributed by atoms with Gasteiger partial charge in [-0.15, -0.1) is 0 Å². The Hall–Kier alpha value is -0.970. The molecule has 0 saturated heterocycles. The first kappa shape index (κ1) is 15.4. The molecule has 0 saturated carbocycles. The van der Waals surface area contributed by atoms with Crippen LogP contribution in [0.15, 0.2) is 33.2 Å². The normalized spacial score (nSPS) is 12.4. The summed E-state index contributed by atoms with van der Waals surface area (Å²) >= 11 is 9.64. The Balaban J connectivity index is 2.51. The zero-order valence-corrected chi connectivity index (χ0v) is 14.0. The van der Waals surface area contributed by atoms with Gasteiger partial charge >= 0.3 is 0 Å². The summed E-state index contributed by atoms with van der Waals surface area (Å²) in [6, 6.07) is 7.57. The first-order valence-electron chi connectivity index (χ1n) is 6.39. The third kappa shape index (κ3) is 3.03. The lowest BCUT2D eigenvalue weighted by molar-refractivity contribution is 0.390. The molecule has 5 heteroatoms. The molecule has 3 nitrogen and oxygen atoms in total. The molecule has 0 bridgehead atoms. The average molecular weight is 359 g/mol. The fourth-order valence-corrected chi connectivity index (χ4v) is 3.20. The Morgan fingerprint density at radius 2 is 2.15 bits per heavy atom. The van der Waals surface area contributed by atoms with Crippen LogP contribution in [-0.4, -0.2) is 14.2 Å². The number of furan rings is 1. The second-order valence-corrected chi connectivity index (χ2v) is 5.68. The van der Waals surface area contributed by atoms with Gasteiger partial charge in [0.1, 0.15) is 17.3 Å². The molecule has 2 aromatic rings. The van der Waals surface area contributed by atoms with Crippen molar-refractivity contribution in [1.29, 1.82) is 0 Å². The van der Waals surface area contributed by atoms with Crippen LogP contribution in [0.3, 0.4) is 0 Å². The van der Waals surface area contributed by atoms with Crippen molar-refractivity contribution in [3.05, 3.63) is 50.8 Å². The van der Waals surface area contributed by atoms with Crippen LogP contribution in [0.25, 0.3) is 0 Å². The molecule has 0 aliphatic carbocycles. The molecule has 20 heavy (non-hydrogen) atoms. The van der Waals surface area contributed by atoms with Crippen LogP contribution in [-0.2, 0) is 6.42 Å². The van der Waals surface area contributed by atoms with E-state index in [2.05, 4.69) is 28.2 Å². The van der Waals surface area contributed by atoms with Gasteiger partial charge in [-0.1, -0.05) is 18.5 Å². The van der Waals surface area contributed by atoms with Gasteiger partial charge in [-0.25, -0.2) is 0 Å². The summed E-state index contributed by atoms with van der Waals surface area (Å²) in [4.78, 5) is 0. The molecular weight excluding hydrogens is 342 g/mol. The molecule has 1 aromatic carbocycles. The minimum atomic E-state index is -0.111. The Bertz CT molecular complexity index is 598. The van der Waals surface area contributed by atoms with Crippen molar-refractivity contribution in [3.8, 4) is 5.75 Å². The minimum absolute atomic E-state index is 0.111. The Kier molecular flexibility index (Phi) is 5.13. The number of methoxy groups -OCH3 is 1. The van der Waals surface area contributed by atoms with Crippen molar-refractivity contribution in [1.82, 2.24) is 5.32 Å². The highest BCUT2D eigenvalue weighted by molar-refractivity contribution is 9.10. The van der Waals surface area contributed by atoms with E-state index in [1.807, 2.05) is 31.3 Å². The lowest BCUT2D eigenvalue weighted by atomic mass is 10.0. The lowest BCUT2D eigenvalue weighted by Gasteiger charge is -2.19. The average Bonchev–Trinajstić information content (AvgIpc) is 2.88. The first-order valence-corrected chi connectivity index (χ1v) is 7.56. The highest BCUT2D eigenvalue weighted by Gasteiger charge is 2.22. The van der Waals surface area contributed by atoms with Gasteiger partial charge in [-0.3, -0.25) is 0 Å². The topological polar surface area (TPSA) is 34.4 Å². The summed E-state index contributed by atoms with van der Waals surface area (Å²) < 4.78 is 12.1. The van der Waals surface area contributed by atoms with Crippen LogP contribution < -0.4 is 10.1 Å². The molecule has 0 aliphatic heterocycles. The second kappa shape index (κ2) is 6.66. The smallest absolute Gasteiger partial charge is 0.138 e. The van der Waals surface area contributed by atoms with Gasteiger partial charge in [-0.05, 0) is 47.2 Å². The molecule has 1 aromatic heterocycles. The number of rotatable bonds is 5. The number of aryl methyl sites for hydroxylation is 1. The fourth-order valence-electron chi connectivity index (χ4n) is 2.20. The summed E-state index contributed by atoms with van der Waals surface area (Å²) in [5.41, 5.74) is 0.936. The maximum atomic E-state index is 6.16. The summed E-state index contributed by atoms with van der Waals surface area (Å²) in [5, 5.41) is 3.90. The molecular formula is C15H17BrClNO2. The highest BCUT2D eigenvalue weighted by Crippen LogP contribution is 2.38. The molecule has 2 rings (SSSR count). The van der Waals surface area contributed by atoms with E-state index in [1.165, 1.54) is 0 Å². The van der Waals surface area contributed by atoms with Crippen LogP contribution in [0.4, 0.5) is 0 Å². The Labute approximate surface area is 132 Å². The predicted molar refractivity (Wildman–Crippen MR) is 84.7 cm³/mol. The van der Waals surface area contributed by atoms with Crippen molar-refractivity contribution in [3.63, 3.8) is 0 Å². The molecule has 1 N–H and O–H groups in total. The third-order valence-corrected chi connectivity index (χ3v) is 3.96. The van der Waals surface area contributed by atoms with Crippen molar-refractivity contribution >= 4 is 27.5 Å². The quantitative estimate of drug-likeness (QED) is 0.850. The molecule has 0 aliphatic rings. The van der Waals surface area contributed by atoms with Gasteiger partial charge in [0, 0.05) is 17.0 Å². The van der Waals surface area contributed by atoms with Crippen molar-refractivity contribution < 1.29 is 9.15 Å². The van der Waals surface area contributed by atoms with Gasteiger partial charge in [0.05, 0.1) is 17.6 Å². The van der Waals surface area contributed by atoms with Gasteiger partial charge in [0.2, 0.25) is 0 Å². The molecule has 0 radical (unpaired) electrons. The van der Waals surface area contributed by atoms with Gasteiger partial charge in [-0.2, -0.15) is 0 Å². The van der Waals surface area contributed by atoms with Crippen LogP contribution >= 0.6 is 27.5 Å². The molecule has 0 spiro atoms. The van der Waals surface area contributed by atoms with Crippen molar-refractivity contribution in [2.75, 3.05) is 14.2 Å². The van der Waals surface area contributed by atoms with E-state index in [0.29, 0.717) is 5.02 Å². The van der Waals surface area contributed by atoms with Gasteiger partial charge < -0.3 is 14.5 Å². The summed E-state index contributed by atoms with van der Waals surface area (Å²) in [6.45, 7) is 2.06. The molecule has 1 atom stereocenters. The van der Waals surface area contributed by atoms with E-state index >= 15 is 0 Å². The van der Waals surface area contributed by atoms with Crippen LogP contribution in [0.5, 0.6) is 5.75 Å². The van der Waals surface area contributed by atoms with Crippen molar-refractivity contribution in [2.45, 2.75) is 19.4 Å². The van der Waals surface area contributed by atoms with Gasteiger partial charge in [0.25, 0.3) is 0 Å². The number of benzene rings is 1. The Morgan fingerprint density at radius 3 is 2.70 bits per heavy atom. The SMILES string of the molecule is CCc1ccc(C(NC)c2cc(Cl)cc(Br)c2OC)o1. The minimum Gasteiger partial charge on any atom is -0.495 e. The van der Waals surface area contributed by atoms with E-state index in [4.69, 9.17) is 20.8 Å². The van der Waals surface area contributed by atoms with Gasteiger partial charge in [0.15, 0.2) is 0 Å². The summed E-state index contributed by atoms with van der Waals surface area (Å²) in [5.74, 6) is 2.56. The molecule has 0 amide bonds. The highest BCUT2D eigenvalue weighted by atomic mass is 79.9. The number of hydrogen-bond donors (Lipinski definition) is 1. The molecule has 0 fully saturated rings.